The molecule has 0 atom stereocenters. The maximum atomic E-state index is 13.6. The Morgan fingerprint density at radius 1 is 1.33 bits per heavy atom. The lowest BCUT2D eigenvalue weighted by Gasteiger charge is -2.31. The molecule has 1 aliphatic heterocycles. The largest absolute Gasteiger partial charge is 0.384 e. The van der Waals surface area contributed by atoms with Crippen molar-refractivity contribution in [2.45, 2.75) is 19.4 Å². The van der Waals surface area contributed by atoms with Gasteiger partial charge in [-0.3, -0.25) is 4.90 Å². The van der Waals surface area contributed by atoms with E-state index in [-0.39, 0.29) is 12.4 Å². The van der Waals surface area contributed by atoms with E-state index >= 15 is 0 Å². The van der Waals surface area contributed by atoms with E-state index in [1.165, 1.54) is 6.07 Å². The first-order chi connectivity index (χ1) is 10.2. The van der Waals surface area contributed by atoms with E-state index in [4.69, 9.17) is 9.84 Å². The summed E-state index contributed by atoms with van der Waals surface area (Å²) in [4.78, 5) is 2.34. The molecule has 3 nitrogen and oxygen atoms in total. The predicted octanol–water partition coefficient (Wildman–Crippen LogP) is 2.03. The summed E-state index contributed by atoms with van der Waals surface area (Å²) in [6.07, 6.45) is 2.25. The van der Waals surface area contributed by atoms with Crippen molar-refractivity contribution in [1.29, 1.82) is 0 Å². The number of nitrogens with zero attached hydrogens (tertiary/aromatic N) is 1. The summed E-state index contributed by atoms with van der Waals surface area (Å²) in [5.41, 5.74) is 1.55. The van der Waals surface area contributed by atoms with E-state index in [0.717, 1.165) is 44.6 Å². The summed E-state index contributed by atoms with van der Waals surface area (Å²) in [6, 6.07) is 4.86. The van der Waals surface area contributed by atoms with Crippen LogP contribution >= 0.6 is 0 Å². The molecule has 0 amide bonds. The second-order valence-corrected chi connectivity index (χ2v) is 5.48. The number of methoxy groups -OCH3 is 1. The summed E-state index contributed by atoms with van der Waals surface area (Å²) >= 11 is 0. The maximum absolute atomic E-state index is 13.6. The number of rotatable bonds is 4. The predicted molar refractivity (Wildman–Crippen MR) is 80.2 cm³/mol. The lowest BCUT2D eigenvalue weighted by atomic mass is 9.97. The molecular weight excluding hydrogens is 269 g/mol. The fourth-order valence-electron chi connectivity index (χ4n) is 2.76. The fraction of sp³-hybridized carbons (Fsp3) is 0.529. The molecule has 1 aliphatic rings. The minimum absolute atomic E-state index is 0.209. The molecule has 0 radical (unpaired) electrons. The fourth-order valence-corrected chi connectivity index (χ4v) is 2.76. The monoisotopic (exact) mass is 291 g/mol. The van der Waals surface area contributed by atoms with Crippen LogP contribution < -0.4 is 0 Å². The van der Waals surface area contributed by atoms with E-state index in [1.807, 2.05) is 6.07 Å². The van der Waals surface area contributed by atoms with Gasteiger partial charge in [0.15, 0.2) is 0 Å². The number of ether oxygens (including phenoxy) is 1. The minimum Gasteiger partial charge on any atom is -0.384 e. The van der Waals surface area contributed by atoms with E-state index < -0.39 is 0 Å². The Kier molecular flexibility index (Phi) is 6.19. The Hall–Kier alpha value is -1.41. The van der Waals surface area contributed by atoms with Crippen LogP contribution in [0.3, 0.4) is 0 Å². The summed E-state index contributed by atoms with van der Waals surface area (Å²) in [5, 5.41) is 8.71. The molecule has 0 saturated carbocycles. The van der Waals surface area contributed by atoms with Crippen molar-refractivity contribution in [3.05, 3.63) is 35.1 Å². The SMILES string of the molecule is COCC1CCN(Cc2cc(F)cc(C#CCO)c2)CC1. The number of aliphatic hydroxyl groups excluding tert-OH is 1. The minimum atomic E-state index is -0.274. The summed E-state index contributed by atoms with van der Waals surface area (Å²) < 4.78 is 18.8. The third kappa shape index (κ3) is 5.13. The zero-order valence-corrected chi connectivity index (χ0v) is 12.4. The van der Waals surface area contributed by atoms with Crippen LogP contribution in [-0.4, -0.2) is 43.4 Å². The van der Waals surface area contributed by atoms with Crippen LogP contribution in [-0.2, 0) is 11.3 Å². The van der Waals surface area contributed by atoms with Gasteiger partial charge in [-0.25, -0.2) is 4.39 Å². The quantitative estimate of drug-likeness (QED) is 0.862. The number of benzene rings is 1. The molecule has 2 rings (SSSR count). The molecular formula is C17H22FNO2. The number of likely N-dealkylation sites (tertiary alicyclic amines) is 1. The topological polar surface area (TPSA) is 32.7 Å². The third-order valence-electron chi connectivity index (χ3n) is 3.79. The summed E-state index contributed by atoms with van der Waals surface area (Å²) in [6.45, 7) is 3.39. The lowest BCUT2D eigenvalue weighted by molar-refractivity contribution is 0.0968. The first-order valence-electron chi connectivity index (χ1n) is 7.31. The van der Waals surface area contributed by atoms with Crippen LogP contribution in [0.1, 0.15) is 24.0 Å². The van der Waals surface area contributed by atoms with Gasteiger partial charge in [0.1, 0.15) is 12.4 Å². The van der Waals surface area contributed by atoms with Gasteiger partial charge in [-0.15, -0.1) is 0 Å². The van der Waals surface area contributed by atoms with E-state index in [2.05, 4.69) is 16.7 Å². The van der Waals surface area contributed by atoms with E-state index in [0.29, 0.717) is 11.5 Å². The zero-order valence-electron chi connectivity index (χ0n) is 12.4. The van der Waals surface area contributed by atoms with E-state index in [1.54, 1.807) is 13.2 Å². The average molecular weight is 291 g/mol. The van der Waals surface area contributed by atoms with Crippen molar-refractivity contribution < 1.29 is 14.2 Å². The molecule has 0 aliphatic carbocycles. The Labute approximate surface area is 125 Å². The number of halogens is 1. The van der Waals surface area contributed by atoms with E-state index in [9.17, 15) is 4.39 Å². The van der Waals surface area contributed by atoms with Crippen LogP contribution in [0.4, 0.5) is 4.39 Å². The second-order valence-electron chi connectivity index (χ2n) is 5.48. The standard InChI is InChI=1S/C17H22FNO2/c1-21-13-14-4-6-19(7-5-14)12-16-9-15(3-2-8-20)10-17(18)11-16/h9-11,14,20H,4-8,12-13H2,1H3. The van der Waals surface area contributed by atoms with Crippen LogP contribution in [0.15, 0.2) is 18.2 Å². The van der Waals surface area contributed by atoms with Gasteiger partial charge >= 0.3 is 0 Å². The first kappa shape index (κ1) is 16.0. The van der Waals surface area contributed by atoms with Crippen LogP contribution in [0, 0.1) is 23.6 Å². The van der Waals surface area contributed by atoms with Gasteiger partial charge in [-0.1, -0.05) is 11.8 Å². The second kappa shape index (κ2) is 8.14. The van der Waals surface area contributed by atoms with Gasteiger partial charge in [-0.05, 0) is 55.6 Å². The summed E-state index contributed by atoms with van der Waals surface area (Å²) in [7, 11) is 1.74. The highest BCUT2D eigenvalue weighted by atomic mass is 19.1. The van der Waals surface area contributed by atoms with Crippen molar-refractivity contribution in [2.24, 2.45) is 5.92 Å². The molecule has 114 valence electrons. The van der Waals surface area contributed by atoms with Crippen molar-refractivity contribution in [3.8, 4) is 11.8 Å². The number of hydrogen-bond acceptors (Lipinski definition) is 3. The zero-order chi connectivity index (χ0) is 15.1. The molecule has 1 N–H and O–H groups in total. The Morgan fingerprint density at radius 2 is 2.10 bits per heavy atom. The van der Waals surface area contributed by atoms with Gasteiger partial charge in [0.05, 0.1) is 0 Å². The first-order valence-corrected chi connectivity index (χ1v) is 7.31. The van der Waals surface area contributed by atoms with Gasteiger partial charge in [-0.2, -0.15) is 0 Å². The average Bonchev–Trinajstić information content (AvgIpc) is 2.47. The Morgan fingerprint density at radius 3 is 2.76 bits per heavy atom. The molecule has 1 aromatic carbocycles. The number of hydrogen-bond donors (Lipinski definition) is 1. The molecule has 1 aromatic rings. The molecule has 0 unspecified atom stereocenters. The molecule has 0 bridgehead atoms. The lowest BCUT2D eigenvalue weighted by Crippen LogP contribution is -2.34. The Balaban J connectivity index is 1.95. The highest BCUT2D eigenvalue weighted by Crippen LogP contribution is 2.20. The molecule has 4 heteroatoms. The molecule has 0 aromatic heterocycles. The van der Waals surface area contributed by atoms with Crippen LogP contribution in [0.25, 0.3) is 0 Å². The van der Waals surface area contributed by atoms with Gasteiger partial charge in [0.25, 0.3) is 0 Å². The highest BCUT2D eigenvalue weighted by Gasteiger charge is 2.19. The molecule has 0 spiro atoms. The third-order valence-corrected chi connectivity index (χ3v) is 3.79. The van der Waals surface area contributed by atoms with Crippen molar-refractivity contribution in [2.75, 3.05) is 33.4 Å². The highest BCUT2D eigenvalue weighted by molar-refractivity contribution is 5.37. The maximum Gasteiger partial charge on any atom is 0.124 e. The Bertz CT molecular complexity index is 513. The van der Waals surface area contributed by atoms with Gasteiger partial charge < -0.3 is 9.84 Å². The normalized spacial score (nSPS) is 16.5. The molecule has 1 fully saturated rings. The molecule has 21 heavy (non-hydrogen) atoms. The smallest absolute Gasteiger partial charge is 0.124 e. The van der Waals surface area contributed by atoms with Crippen molar-refractivity contribution in [1.82, 2.24) is 4.90 Å². The van der Waals surface area contributed by atoms with Gasteiger partial charge in [0, 0.05) is 25.8 Å². The molecule has 1 saturated heterocycles. The van der Waals surface area contributed by atoms with Crippen molar-refractivity contribution >= 4 is 0 Å². The summed E-state index contributed by atoms with van der Waals surface area (Å²) in [5.74, 6) is 5.68. The van der Waals surface area contributed by atoms with Gasteiger partial charge in [0.2, 0.25) is 0 Å². The van der Waals surface area contributed by atoms with Crippen LogP contribution in [0.5, 0.6) is 0 Å². The number of aliphatic hydroxyl groups is 1. The molecule has 1 heterocycles. The number of piperidine rings is 1. The van der Waals surface area contributed by atoms with Crippen molar-refractivity contribution in [3.63, 3.8) is 0 Å². The van der Waals surface area contributed by atoms with Crippen LogP contribution in [0.2, 0.25) is 0 Å².